The van der Waals surface area contributed by atoms with Crippen LogP contribution < -0.4 is 10.6 Å². The molecule has 0 aliphatic heterocycles. The number of rotatable bonds is 7. The number of carboxylic acids is 1. The SMILES string of the molecule is CCC(C)C(NC(=O)CCC(=O)NC(C)(C)C)C(=O)O. The van der Waals surface area contributed by atoms with Gasteiger partial charge in [-0.05, 0) is 26.7 Å². The summed E-state index contributed by atoms with van der Waals surface area (Å²) >= 11 is 0. The van der Waals surface area contributed by atoms with Gasteiger partial charge in [-0.15, -0.1) is 0 Å². The quantitative estimate of drug-likeness (QED) is 0.657. The van der Waals surface area contributed by atoms with Gasteiger partial charge in [0.15, 0.2) is 0 Å². The van der Waals surface area contributed by atoms with Crippen LogP contribution in [0.5, 0.6) is 0 Å². The molecule has 0 bridgehead atoms. The van der Waals surface area contributed by atoms with Crippen molar-refractivity contribution in [3.8, 4) is 0 Å². The summed E-state index contributed by atoms with van der Waals surface area (Å²) in [7, 11) is 0. The number of carboxylic acid groups (broad SMARTS) is 1. The second-order valence-electron chi connectivity index (χ2n) is 6.07. The molecule has 0 aromatic heterocycles. The highest BCUT2D eigenvalue weighted by Gasteiger charge is 2.25. The van der Waals surface area contributed by atoms with E-state index >= 15 is 0 Å². The van der Waals surface area contributed by atoms with E-state index in [-0.39, 0.29) is 30.2 Å². The summed E-state index contributed by atoms with van der Waals surface area (Å²) in [4.78, 5) is 34.3. The van der Waals surface area contributed by atoms with Crippen LogP contribution in [0.3, 0.4) is 0 Å². The van der Waals surface area contributed by atoms with Gasteiger partial charge in [-0.1, -0.05) is 20.3 Å². The fraction of sp³-hybridized carbons (Fsp3) is 0.786. The van der Waals surface area contributed by atoms with E-state index < -0.39 is 17.9 Å². The van der Waals surface area contributed by atoms with E-state index in [1.807, 2.05) is 27.7 Å². The molecular weight excluding hydrogens is 260 g/mol. The monoisotopic (exact) mass is 286 g/mol. The number of hydrogen-bond acceptors (Lipinski definition) is 3. The first-order chi connectivity index (χ1) is 9.06. The van der Waals surface area contributed by atoms with Gasteiger partial charge in [-0.3, -0.25) is 9.59 Å². The minimum atomic E-state index is -1.05. The largest absolute Gasteiger partial charge is 0.480 e. The molecule has 2 unspecified atom stereocenters. The van der Waals surface area contributed by atoms with Crippen LogP contribution in [0.15, 0.2) is 0 Å². The lowest BCUT2D eigenvalue weighted by atomic mass is 9.99. The minimum Gasteiger partial charge on any atom is -0.480 e. The maximum Gasteiger partial charge on any atom is 0.326 e. The predicted octanol–water partition coefficient (Wildman–Crippen LogP) is 1.30. The van der Waals surface area contributed by atoms with Crippen LogP contribution in [0.1, 0.15) is 53.9 Å². The van der Waals surface area contributed by atoms with E-state index in [2.05, 4.69) is 10.6 Å². The zero-order valence-corrected chi connectivity index (χ0v) is 12.9. The summed E-state index contributed by atoms with van der Waals surface area (Å²) in [5, 5.41) is 14.3. The summed E-state index contributed by atoms with van der Waals surface area (Å²) in [6, 6.07) is -0.904. The third-order valence-corrected chi connectivity index (χ3v) is 2.89. The molecule has 116 valence electrons. The van der Waals surface area contributed by atoms with Crippen molar-refractivity contribution in [1.29, 1.82) is 0 Å². The summed E-state index contributed by atoms with van der Waals surface area (Å²) in [5.41, 5.74) is -0.339. The molecule has 0 spiro atoms. The number of hydrogen-bond donors (Lipinski definition) is 3. The Morgan fingerprint density at radius 3 is 2.00 bits per heavy atom. The lowest BCUT2D eigenvalue weighted by Gasteiger charge is -2.21. The Morgan fingerprint density at radius 1 is 1.10 bits per heavy atom. The van der Waals surface area contributed by atoms with Crippen molar-refractivity contribution in [2.45, 2.75) is 65.5 Å². The van der Waals surface area contributed by atoms with Crippen molar-refractivity contribution in [1.82, 2.24) is 10.6 Å². The molecule has 0 fully saturated rings. The van der Waals surface area contributed by atoms with Gasteiger partial charge in [0.25, 0.3) is 0 Å². The molecule has 0 aliphatic carbocycles. The molecule has 3 N–H and O–H groups in total. The van der Waals surface area contributed by atoms with Crippen molar-refractivity contribution >= 4 is 17.8 Å². The van der Waals surface area contributed by atoms with Crippen molar-refractivity contribution in [2.75, 3.05) is 0 Å². The second-order valence-corrected chi connectivity index (χ2v) is 6.07. The summed E-state index contributed by atoms with van der Waals surface area (Å²) in [6.45, 7) is 9.20. The predicted molar refractivity (Wildman–Crippen MR) is 76.2 cm³/mol. The Bertz CT molecular complexity index is 361. The summed E-state index contributed by atoms with van der Waals surface area (Å²) in [5.74, 6) is -1.84. The normalized spacial score (nSPS) is 14.2. The number of amides is 2. The number of nitrogens with one attached hydrogen (secondary N) is 2. The molecule has 0 saturated carbocycles. The number of aliphatic carboxylic acids is 1. The fourth-order valence-electron chi connectivity index (χ4n) is 1.64. The molecule has 2 atom stereocenters. The Kier molecular flexibility index (Phi) is 7.24. The molecule has 0 aliphatic rings. The lowest BCUT2D eigenvalue weighted by molar-refractivity contribution is -0.143. The molecule has 0 heterocycles. The molecule has 0 radical (unpaired) electrons. The van der Waals surface area contributed by atoms with E-state index in [1.165, 1.54) is 0 Å². The zero-order valence-electron chi connectivity index (χ0n) is 12.9. The van der Waals surface area contributed by atoms with Crippen LogP contribution in [-0.4, -0.2) is 34.5 Å². The van der Waals surface area contributed by atoms with Crippen LogP contribution in [0.4, 0.5) is 0 Å². The molecule has 0 saturated heterocycles. The lowest BCUT2D eigenvalue weighted by Crippen LogP contribution is -2.45. The summed E-state index contributed by atoms with van der Waals surface area (Å²) < 4.78 is 0. The second kappa shape index (κ2) is 7.87. The van der Waals surface area contributed by atoms with Gasteiger partial charge in [0.05, 0.1) is 0 Å². The van der Waals surface area contributed by atoms with Crippen LogP contribution in [0.25, 0.3) is 0 Å². The molecule has 2 amide bonds. The molecule has 0 aromatic carbocycles. The third kappa shape index (κ3) is 7.76. The number of carbonyl (C=O) groups excluding carboxylic acids is 2. The minimum absolute atomic E-state index is 0.0118. The third-order valence-electron chi connectivity index (χ3n) is 2.89. The Hall–Kier alpha value is -1.59. The zero-order chi connectivity index (χ0) is 15.9. The molecule has 20 heavy (non-hydrogen) atoms. The number of carbonyl (C=O) groups is 3. The van der Waals surface area contributed by atoms with Crippen molar-refractivity contribution in [2.24, 2.45) is 5.92 Å². The van der Waals surface area contributed by atoms with E-state index in [9.17, 15) is 14.4 Å². The first-order valence-electron chi connectivity index (χ1n) is 6.90. The topological polar surface area (TPSA) is 95.5 Å². The Balaban J connectivity index is 4.28. The maximum atomic E-state index is 11.7. The van der Waals surface area contributed by atoms with Crippen LogP contribution in [0.2, 0.25) is 0 Å². The molecular formula is C14H26N2O4. The summed E-state index contributed by atoms with van der Waals surface area (Å²) in [6.07, 6.45) is 0.694. The van der Waals surface area contributed by atoms with Gasteiger partial charge in [0.1, 0.15) is 6.04 Å². The van der Waals surface area contributed by atoms with Gasteiger partial charge in [-0.25, -0.2) is 4.79 Å². The standard InChI is InChI=1S/C14H26N2O4/c1-6-9(2)12(13(19)20)15-10(17)7-8-11(18)16-14(3,4)5/h9,12H,6-8H2,1-5H3,(H,15,17)(H,16,18)(H,19,20). The average molecular weight is 286 g/mol. The van der Waals surface area contributed by atoms with Crippen LogP contribution in [0, 0.1) is 5.92 Å². The molecule has 0 aromatic rings. The highest BCUT2D eigenvalue weighted by Crippen LogP contribution is 2.08. The molecule has 6 nitrogen and oxygen atoms in total. The van der Waals surface area contributed by atoms with Gasteiger partial charge in [-0.2, -0.15) is 0 Å². The average Bonchev–Trinajstić information content (AvgIpc) is 2.30. The van der Waals surface area contributed by atoms with Crippen molar-refractivity contribution < 1.29 is 19.5 Å². The van der Waals surface area contributed by atoms with Crippen molar-refractivity contribution in [3.05, 3.63) is 0 Å². The van der Waals surface area contributed by atoms with E-state index in [4.69, 9.17) is 5.11 Å². The smallest absolute Gasteiger partial charge is 0.326 e. The molecule has 0 rings (SSSR count). The first kappa shape index (κ1) is 18.4. The van der Waals surface area contributed by atoms with E-state index in [0.717, 1.165) is 0 Å². The van der Waals surface area contributed by atoms with E-state index in [0.29, 0.717) is 6.42 Å². The fourth-order valence-corrected chi connectivity index (χ4v) is 1.64. The van der Waals surface area contributed by atoms with Gasteiger partial charge >= 0.3 is 5.97 Å². The maximum absolute atomic E-state index is 11.7. The van der Waals surface area contributed by atoms with Gasteiger partial charge < -0.3 is 15.7 Å². The van der Waals surface area contributed by atoms with Crippen LogP contribution in [-0.2, 0) is 14.4 Å². The molecule has 6 heteroatoms. The Morgan fingerprint density at radius 2 is 1.60 bits per heavy atom. The highest BCUT2D eigenvalue weighted by molar-refractivity contribution is 5.87. The van der Waals surface area contributed by atoms with Crippen LogP contribution >= 0.6 is 0 Å². The van der Waals surface area contributed by atoms with E-state index in [1.54, 1.807) is 6.92 Å². The van der Waals surface area contributed by atoms with Gasteiger partial charge in [0, 0.05) is 18.4 Å². The van der Waals surface area contributed by atoms with Crippen molar-refractivity contribution in [3.63, 3.8) is 0 Å². The first-order valence-corrected chi connectivity index (χ1v) is 6.90. The highest BCUT2D eigenvalue weighted by atomic mass is 16.4. The van der Waals surface area contributed by atoms with Gasteiger partial charge in [0.2, 0.25) is 11.8 Å². The Labute approximate surface area is 120 Å².